The maximum absolute atomic E-state index is 15.0. The number of likely N-dealkylation sites (tertiary alicyclic amines) is 1. The number of carbonyl (C=O) groups excluding carboxylic acids is 1. The summed E-state index contributed by atoms with van der Waals surface area (Å²) in [5.74, 6) is 0.186. The van der Waals surface area contributed by atoms with Gasteiger partial charge in [0.2, 0.25) is 0 Å². The minimum absolute atomic E-state index is 0.172. The Hall–Kier alpha value is -3.32. The summed E-state index contributed by atoms with van der Waals surface area (Å²) in [4.78, 5) is 23.8. The Bertz CT molecular complexity index is 1340. The third-order valence-corrected chi connectivity index (χ3v) is 8.16. The van der Waals surface area contributed by atoms with Crippen molar-refractivity contribution in [3.8, 4) is 22.5 Å². The van der Waals surface area contributed by atoms with Crippen LogP contribution in [-0.4, -0.2) is 46.5 Å². The van der Waals surface area contributed by atoms with Crippen LogP contribution < -0.4 is 11.1 Å². The highest BCUT2D eigenvalue weighted by atomic mass is 19.1. The first-order valence-electron chi connectivity index (χ1n) is 12.1. The van der Waals surface area contributed by atoms with Crippen molar-refractivity contribution >= 4 is 11.7 Å². The molecular formula is C27H26FN5O. The van der Waals surface area contributed by atoms with E-state index in [0.717, 1.165) is 23.1 Å². The average molecular weight is 456 g/mol. The molecule has 6 nitrogen and oxygen atoms in total. The van der Waals surface area contributed by atoms with Crippen LogP contribution in [0.25, 0.3) is 22.5 Å². The molecule has 2 atom stereocenters. The molecule has 0 unspecified atom stereocenters. The number of anilines is 1. The number of carbonyl (C=O) groups is 1. The van der Waals surface area contributed by atoms with Crippen LogP contribution >= 0.6 is 0 Å². The summed E-state index contributed by atoms with van der Waals surface area (Å²) in [6.45, 7) is 2.96. The summed E-state index contributed by atoms with van der Waals surface area (Å²) in [7, 11) is 0. The van der Waals surface area contributed by atoms with Gasteiger partial charge in [0.05, 0.1) is 11.9 Å². The highest BCUT2D eigenvalue weighted by Gasteiger charge is 2.62. The predicted octanol–water partition coefficient (Wildman–Crippen LogP) is 3.55. The number of benzene rings is 2. The van der Waals surface area contributed by atoms with E-state index in [1.165, 1.54) is 44.0 Å². The number of aromatic nitrogens is 2. The topological polar surface area (TPSA) is 84.1 Å². The molecule has 4 aliphatic rings. The summed E-state index contributed by atoms with van der Waals surface area (Å²) >= 11 is 0. The number of halogens is 1. The molecule has 3 N–H and O–H groups in total. The first kappa shape index (κ1) is 20.1. The van der Waals surface area contributed by atoms with Crippen molar-refractivity contribution < 1.29 is 9.18 Å². The van der Waals surface area contributed by atoms with E-state index in [9.17, 15) is 4.79 Å². The van der Waals surface area contributed by atoms with Crippen molar-refractivity contribution in [1.29, 1.82) is 0 Å². The fraction of sp³-hybridized carbons (Fsp3) is 0.370. The molecule has 2 aromatic carbocycles. The Balaban J connectivity index is 1.20. The molecule has 1 amide bonds. The lowest BCUT2D eigenvalue weighted by Gasteiger charge is -2.20. The summed E-state index contributed by atoms with van der Waals surface area (Å²) in [6, 6.07) is 12.4. The maximum atomic E-state index is 15.0. The lowest BCUT2D eigenvalue weighted by molar-refractivity contribution is 0.0945. The van der Waals surface area contributed by atoms with E-state index < -0.39 is 5.82 Å². The Labute approximate surface area is 197 Å². The lowest BCUT2D eigenvalue weighted by atomic mass is 9.93. The molecule has 0 bridgehead atoms. The molecule has 172 valence electrons. The molecule has 34 heavy (non-hydrogen) atoms. The van der Waals surface area contributed by atoms with Crippen LogP contribution in [0.3, 0.4) is 0 Å². The minimum Gasteiger partial charge on any atom is -0.382 e. The highest BCUT2D eigenvalue weighted by Crippen LogP contribution is 2.60. The van der Waals surface area contributed by atoms with Crippen LogP contribution in [0.4, 0.5) is 10.2 Å². The number of hydrogen-bond donors (Lipinski definition) is 2. The Morgan fingerprint density at radius 3 is 2.76 bits per heavy atom. The second-order valence-electron chi connectivity index (χ2n) is 10.3. The van der Waals surface area contributed by atoms with Gasteiger partial charge >= 0.3 is 0 Å². The van der Waals surface area contributed by atoms with Crippen molar-refractivity contribution in [3.05, 3.63) is 65.1 Å². The summed E-state index contributed by atoms with van der Waals surface area (Å²) < 4.78 is 15.0. The quantitative estimate of drug-likeness (QED) is 0.629. The summed E-state index contributed by atoms with van der Waals surface area (Å²) in [5.41, 5.74) is 11.2. The third kappa shape index (κ3) is 3.06. The van der Waals surface area contributed by atoms with Gasteiger partial charge in [0.25, 0.3) is 5.91 Å². The molecule has 3 aromatic rings. The molecule has 3 heterocycles. The fourth-order valence-electron chi connectivity index (χ4n) is 6.02. The second kappa shape index (κ2) is 7.09. The largest absolute Gasteiger partial charge is 0.382 e. The van der Waals surface area contributed by atoms with Gasteiger partial charge in [0, 0.05) is 47.8 Å². The number of nitrogens with two attached hydrogens (primary N) is 1. The average Bonchev–Trinajstić information content (AvgIpc) is 3.78. The molecule has 1 saturated heterocycles. The van der Waals surface area contributed by atoms with E-state index in [-0.39, 0.29) is 17.3 Å². The summed E-state index contributed by atoms with van der Waals surface area (Å²) in [6.07, 6.45) is 6.29. The molecular weight excluding hydrogens is 429 g/mol. The van der Waals surface area contributed by atoms with Crippen LogP contribution in [0, 0.1) is 11.7 Å². The van der Waals surface area contributed by atoms with Gasteiger partial charge in [-0.05, 0) is 54.9 Å². The second-order valence-corrected chi connectivity index (χ2v) is 10.3. The predicted molar refractivity (Wildman–Crippen MR) is 128 cm³/mol. The van der Waals surface area contributed by atoms with Crippen LogP contribution in [0.1, 0.15) is 40.7 Å². The van der Waals surface area contributed by atoms with Crippen LogP contribution in [0.2, 0.25) is 0 Å². The molecule has 0 radical (unpaired) electrons. The van der Waals surface area contributed by atoms with Gasteiger partial charge in [-0.25, -0.2) is 14.4 Å². The van der Waals surface area contributed by atoms with Crippen LogP contribution in [-0.2, 0) is 11.8 Å². The number of amides is 1. The number of hydrogen-bond acceptors (Lipinski definition) is 5. The minimum atomic E-state index is -0.523. The first-order chi connectivity index (χ1) is 16.5. The van der Waals surface area contributed by atoms with E-state index in [4.69, 9.17) is 10.7 Å². The Morgan fingerprint density at radius 1 is 1.15 bits per heavy atom. The maximum Gasteiger partial charge on any atom is 0.251 e. The number of piperidine rings is 1. The van der Waals surface area contributed by atoms with Crippen molar-refractivity contribution in [1.82, 2.24) is 20.2 Å². The van der Waals surface area contributed by atoms with Gasteiger partial charge in [0.15, 0.2) is 0 Å². The van der Waals surface area contributed by atoms with Crippen molar-refractivity contribution in [2.24, 2.45) is 5.92 Å². The number of nitrogen functional groups attached to an aromatic ring is 1. The third-order valence-electron chi connectivity index (χ3n) is 8.16. The van der Waals surface area contributed by atoms with Gasteiger partial charge in [-0.2, -0.15) is 0 Å². The molecule has 1 aromatic heterocycles. The van der Waals surface area contributed by atoms with Crippen LogP contribution in [0.15, 0.2) is 42.6 Å². The van der Waals surface area contributed by atoms with Gasteiger partial charge in [-0.1, -0.05) is 24.3 Å². The van der Waals surface area contributed by atoms with Crippen molar-refractivity contribution in [2.45, 2.75) is 37.1 Å². The molecule has 0 spiro atoms. The van der Waals surface area contributed by atoms with Crippen molar-refractivity contribution in [3.63, 3.8) is 0 Å². The molecule has 7 rings (SSSR count). The van der Waals surface area contributed by atoms with Crippen molar-refractivity contribution in [2.75, 3.05) is 25.4 Å². The fourth-order valence-corrected chi connectivity index (χ4v) is 6.02. The van der Waals surface area contributed by atoms with E-state index in [1.54, 1.807) is 12.3 Å². The Kier molecular flexibility index (Phi) is 4.19. The molecule has 7 heteroatoms. The van der Waals surface area contributed by atoms with Gasteiger partial charge in [-0.3, -0.25) is 9.69 Å². The smallest absolute Gasteiger partial charge is 0.251 e. The van der Waals surface area contributed by atoms with Gasteiger partial charge < -0.3 is 11.1 Å². The van der Waals surface area contributed by atoms with E-state index in [2.05, 4.69) is 39.5 Å². The molecule has 3 fully saturated rings. The van der Waals surface area contributed by atoms with E-state index in [0.29, 0.717) is 35.3 Å². The number of nitrogens with zero attached hydrogens (tertiary/aromatic N) is 3. The molecule has 2 aliphatic carbocycles. The monoisotopic (exact) mass is 455 g/mol. The number of nitrogens with one attached hydrogen (secondary N) is 1. The van der Waals surface area contributed by atoms with E-state index in [1.807, 2.05) is 0 Å². The Morgan fingerprint density at radius 2 is 1.97 bits per heavy atom. The van der Waals surface area contributed by atoms with Crippen LogP contribution in [0.5, 0.6) is 0 Å². The molecule has 2 saturated carbocycles. The SMILES string of the molecule is Nc1ncc(-c2ccc([C@]34C[C@H]3CN(C3CC3)C4)cc2)nc1-c1cc2c(cc1F)C(=O)NCC2. The normalized spacial score (nSPS) is 25.6. The molecule has 2 aliphatic heterocycles. The van der Waals surface area contributed by atoms with Gasteiger partial charge in [-0.15, -0.1) is 0 Å². The number of fused-ring (bicyclic) bond motifs is 2. The highest BCUT2D eigenvalue weighted by molar-refractivity contribution is 5.97. The zero-order valence-electron chi connectivity index (χ0n) is 18.9. The standard InChI is InChI=1S/C27H26FN5O/c28-22-10-20-16(7-8-30-26(20)34)9-21(22)24-25(29)31-12-23(32-24)15-1-3-17(4-2-15)27-11-18(27)13-33(14-27)19-5-6-19/h1-4,9-10,12,18-19H,5-8,11,13-14H2,(H2,29,31)(H,30,34)/t18-,27+/m0/s1. The zero-order chi connectivity index (χ0) is 23.0. The van der Waals surface area contributed by atoms with Gasteiger partial charge in [0.1, 0.15) is 17.3 Å². The summed E-state index contributed by atoms with van der Waals surface area (Å²) in [5, 5.41) is 2.75. The number of rotatable bonds is 4. The first-order valence-corrected chi connectivity index (χ1v) is 12.1. The van der Waals surface area contributed by atoms with E-state index >= 15 is 4.39 Å². The lowest BCUT2D eigenvalue weighted by Crippen LogP contribution is -2.32. The zero-order valence-corrected chi connectivity index (χ0v) is 18.9.